The molecule has 3 aromatic rings. The van der Waals surface area contributed by atoms with Gasteiger partial charge in [-0.25, -0.2) is 0 Å². The van der Waals surface area contributed by atoms with Gasteiger partial charge in [-0.2, -0.15) is 0 Å². The molecule has 0 aliphatic carbocycles. The molecule has 1 unspecified atom stereocenters. The second kappa shape index (κ2) is 6.60. The second-order valence-electron chi connectivity index (χ2n) is 5.76. The largest absolute Gasteiger partial charge is 0.507 e. The van der Waals surface area contributed by atoms with Gasteiger partial charge in [-0.15, -0.1) is 0 Å². The first-order chi connectivity index (χ1) is 12.0. The summed E-state index contributed by atoms with van der Waals surface area (Å²) in [6, 6.07) is 16.2. The highest BCUT2D eigenvalue weighted by Crippen LogP contribution is 2.26. The van der Waals surface area contributed by atoms with Crippen molar-refractivity contribution in [1.82, 2.24) is 5.32 Å². The summed E-state index contributed by atoms with van der Waals surface area (Å²) >= 11 is 0. The highest BCUT2D eigenvalue weighted by molar-refractivity contribution is 6.01. The number of nitro groups is 1. The van der Waals surface area contributed by atoms with Crippen LogP contribution < -0.4 is 5.32 Å². The minimum atomic E-state index is -0.479. The predicted octanol–water partition coefficient (Wildman–Crippen LogP) is 3.94. The van der Waals surface area contributed by atoms with E-state index in [1.165, 1.54) is 12.1 Å². The summed E-state index contributed by atoms with van der Waals surface area (Å²) in [6.07, 6.45) is 0. The fraction of sp³-hybridized carbons (Fsp3) is 0.105. The second-order valence-corrected chi connectivity index (χ2v) is 5.76. The summed E-state index contributed by atoms with van der Waals surface area (Å²) < 4.78 is 0. The van der Waals surface area contributed by atoms with Crippen LogP contribution in [0.2, 0.25) is 0 Å². The molecule has 3 rings (SSSR count). The molecule has 0 radical (unpaired) electrons. The lowest BCUT2D eigenvalue weighted by Gasteiger charge is -2.15. The number of rotatable bonds is 4. The van der Waals surface area contributed by atoms with Crippen LogP contribution in [-0.2, 0) is 0 Å². The topological polar surface area (TPSA) is 92.5 Å². The van der Waals surface area contributed by atoms with Crippen molar-refractivity contribution < 1.29 is 14.8 Å². The van der Waals surface area contributed by atoms with Crippen molar-refractivity contribution in [2.24, 2.45) is 0 Å². The Morgan fingerprint density at radius 3 is 2.44 bits per heavy atom. The van der Waals surface area contributed by atoms with Crippen LogP contribution in [0.3, 0.4) is 0 Å². The molecule has 25 heavy (non-hydrogen) atoms. The first-order valence-electron chi connectivity index (χ1n) is 7.72. The van der Waals surface area contributed by atoms with Gasteiger partial charge in [-0.05, 0) is 35.4 Å². The highest BCUT2D eigenvalue weighted by Gasteiger charge is 2.17. The van der Waals surface area contributed by atoms with E-state index >= 15 is 0 Å². The molecule has 0 aromatic heterocycles. The van der Waals surface area contributed by atoms with Crippen LogP contribution in [0.4, 0.5) is 5.69 Å². The van der Waals surface area contributed by atoms with Crippen molar-refractivity contribution in [3.8, 4) is 5.75 Å². The van der Waals surface area contributed by atoms with E-state index in [9.17, 15) is 20.0 Å². The fourth-order valence-corrected chi connectivity index (χ4v) is 2.68. The van der Waals surface area contributed by atoms with Crippen LogP contribution in [0, 0.1) is 10.1 Å². The molecule has 6 nitrogen and oxygen atoms in total. The molecule has 1 amide bonds. The molecule has 0 bridgehead atoms. The van der Waals surface area contributed by atoms with Gasteiger partial charge in [0.1, 0.15) is 5.75 Å². The number of hydrogen-bond acceptors (Lipinski definition) is 4. The molecule has 2 N–H and O–H groups in total. The molecule has 0 spiro atoms. The van der Waals surface area contributed by atoms with E-state index in [4.69, 9.17) is 0 Å². The molecular weight excluding hydrogens is 320 g/mol. The van der Waals surface area contributed by atoms with Gasteiger partial charge < -0.3 is 10.4 Å². The van der Waals surface area contributed by atoms with Crippen molar-refractivity contribution in [2.75, 3.05) is 0 Å². The molecular formula is C19H16N2O4. The Morgan fingerprint density at radius 1 is 1.08 bits per heavy atom. The Balaban J connectivity index is 1.85. The maximum Gasteiger partial charge on any atom is 0.269 e. The lowest BCUT2D eigenvalue weighted by molar-refractivity contribution is -0.384. The lowest BCUT2D eigenvalue weighted by Crippen LogP contribution is -2.26. The number of aromatic hydroxyl groups is 1. The number of nitrogens with one attached hydrogen (secondary N) is 1. The number of carbonyl (C=O) groups is 1. The van der Waals surface area contributed by atoms with Gasteiger partial charge in [-0.3, -0.25) is 14.9 Å². The number of phenolic OH excluding ortho intramolecular Hbond substituents is 1. The average molecular weight is 336 g/mol. The zero-order chi connectivity index (χ0) is 18.0. The van der Waals surface area contributed by atoms with Crippen LogP contribution in [0.5, 0.6) is 5.75 Å². The van der Waals surface area contributed by atoms with Gasteiger partial charge in [0, 0.05) is 12.1 Å². The number of phenols is 1. The van der Waals surface area contributed by atoms with Crippen molar-refractivity contribution in [1.29, 1.82) is 0 Å². The van der Waals surface area contributed by atoms with Crippen molar-refractivity contribution >= 4 is 22.4 Å². The number of carbonyl (C=O) groups excluding carboxylic acids is 1. The van der Waals surface area contributed by atoms with Crippen molar-refractivity contribution in [3.63, 3.8) is 0 Å². The third-order valence-electron chi connectivity index (χ3n) is 4.04. The SMILES string of the molecule is CC(NC(=O)c1cc2ccccc2cc1O)c1cccc([N+](=O)[O-])c1. The van der Waals surface area contributed by atoms with Gasteiger partial charge in [0.25, 0.3) is 11.6 Å². The van der Waals surface area contributed by atoms with E-state index in [1.54, 1.807) is 31.2 Å². The Morgan fingerprint density at radius 2 is 1.76 bits per heavy atom. The normalized spacial score (nSPS) is 11.9. The molecule has 0 fully saturated rings. The molecule has 6 heteroatoms. The van der Waals surface area contributed by atoms with Gasteiger partial charge in [0.05, 0.1) is 16.5 Å². The Hall–Kier alpha value is -3.41. The standard InChI is InChI=1S/C19H16N2O4/c1-12(13-7-4-8-16(9-13)21(24)25)20-19(23)17-10-14-5-2-3-6-15(14)11-18(17)22/h2-12,22H,1H3,(H,20,23). The first kappa shape index (κ1) is 16.4. The fourth-order valence-electron chi connectivity index (χ4n) is 2.68. The summed E-state index contributed by atoms with van der Waals surface area (Å²) in [4.78, 5) is 22.9. The van der Waals surface area contributed by atoms with Gasteiger partial charge >= 0.3 is 0 Å². The summed E-state index contributed by atoms with van der Waals surface area (Å²) in [5.41, 5.74) is 0.742. The molecule has 0 aliphatic rings. The average Bonchev–Trinajstić information content (AvgIpc) is 2.61. The number of benzene rings is 3. The van der Waals surface area contributed by atoms with Crippen molar-refractivity contribution in [3.05, 3.63) is 81.9 Å². The number of nitrogens with zero attached hydrogens (tertiary/aromatic N) is 1. The summed E-state index contributed by atoms with van der Waals surface area (Å²) in [5, 5.41) is 25.4. The quantitative estimate of drug-likeness (QED) is 0.557. The number of non-ortho nitro benzene ring substituents is 1. The Labute approximate surface area is 143 Å². The predicted molar refractivity (Wildman–Crippen MR) is 94.6 cm³/mol. The first-order valence-corrected chi connectivity index (χ1v) is 7.72. The van der Waals surface area contributed by atoms with Crippen LogP contribution in [0.15, 0.2) is 60.7 Å². The van der Waals surface area contributed by atoms with Crippen LogP contribution in [0.25, 0.3) is 10.8 Å². The zero-order valence-corrected chi connectivity index (χ0v) is 13.5. The molecule has 0 saturated carbocycles. The van der Waals surface area contributed by atoms with Gasteiger partial charge in [0.2, 0.25) is 0 Å². The molecule has 3 aromatic carbocycles. The lowest BCUT2D eigenvalue weighted by atomic mass is 10.0. The summed E-state index contributed by atoms with van der Waals surface area (Å²) in [7, 11) is 0. The van der Waals surface area contributed by atoms with E-state index in [-0.39, 0.29) is 17.0 Å². The number of fused-ring (bicyclic) bond motifs is 1. The molecule has 1 atom stereocenters. The van der Waals surface area contributed by atoms with Gasteiger partial charge in [0.15, 0.2) is 0 Å². The molecule has 0 aliphatic heterocycles. The highest BCUT2D eigenvalue weighted by atomic mass is 16.6. The van der Waals surface area contributed by atoms with E-state index < -0.39 is 16.9 Å². The molecule has 0 heterocycles. The Kier molecular flexibility index (Phi) is 4.35. The van der Waals surface area contributed by atoms with Crippen LogP contribution in [0.1, 0.15) is 28.9 Å². The van der Waals surface area contributed by atoms with E-state index in [2.05, 4.69) is 5.32 Å². The maximum atomic E-state index is 12.5. The molecule has 126 valence electrons. The number of hydrogen-bond donors (Lipinski definition) is 2. The third kappa shape index (κ3) is 3.42. The Bertz CT molecular complexity index is 969. The minimum absolute atomic E-state index is 0.0350. The minimum Gasteiger partial charge on any atom is -0.507 e. The maximum absolute atomic E-state index is 12.5. The summed E-state index contributed by atoms with van der Waals surface area (Å²) in [5.74, 6) is -0.551. The molecule has 0 saturated heterocycles. The van der Waals surface area contributed by atoms with Crippen LogP contribution >= 0.6 is 0 Å². The zero-order valence-electron chi connectivity index (χ0n) is 13.5. The van der Waals surface area contributed by atoms with E-state index in [0.29, 0.717) is 5.56 Å². The van der Waals surface area contributed by atoms with E-state index in [0.717, 1.165) is 10.8 Å². The monoisotopic (exact) mass is 336 g/mol. The number of amides is 1. The van der Waals surface area contributed by atoms with Gasteiger partial charge in [-0.1, -0.05) is 36.4 Å². The summed E-state index contributed by atoms with van der Waals surface area (Å²) in [6.45, 7) is 1.73. The van der Waals surface area contributed by atoms with Crippen LogP contribution in [-0.4, -0.2) is 15.9 Å². The van der Waals surface area contributed by atoms with Crippen molar-refractivity contribution in [2.45, 2.75) is 13.0 Å². The van der Waals surface area contributed by atoms with E-state index in [1.807, 2.05) is 24.3 Å². The smallest absolute Gasteiger partial charge is 0.269 e. The number of nitro benzene ring substituents is 1. The third-order valence-corrected chi connectivity index (χ3v) is 4.04.